The molecule has 0 aromatic carbocycles. The highest BCUT2D eigenvalue weighted by atomic mass is 32.1. The molecule has 1 rings (SSSR count). The van der Waals surface area contributed by atoms with Crippen molar-refractivity contribution in [2.75, 3.05) is 6.61 Å². The minimum absolute atomic E-state index is 0.514. The second-order valence-electron chi connectivity index (χ2n) is 1.96. The quantitative estimate of drug-likeness (QED) is 0.627. The summed E-state index contributed by atoms with van der Waals surface area (Å²) in [6, 6.07) is 3.71. The second-order valence-corrected chi connectivity index (χ2v) is 2.33. The zero-order chi connectivity index (χ0) is 8.10. The van der Waals surface area contributed by atoms with Crippen LogP contribution in [-0.2, 0) is 4.74 Å². The third-order valence-corrected chi connectivity index (χ3v) is 1.53. The fourth-order valence-electron chi connectivity index (χ4n) is 0.698. The first-order chi connectivity index (χ1) is 5.34. The lowest BCUT2D eigenvalue weighted by atomic mass is 10.3. The van der Waals surface area contributed by atoms with Crippen molar-refractivity contribution in [1.82, 2.24) is 4.98 Å². The molecule has 0 aliphatic heterocycles. The molecule has 2 nitrogen and oxygen atoms in total. The van der Waals surface area contributed by atoms with Crippen LogP contribution in [0.3, 0.4) is 0 Å². The Kier molecular flexibility index (Phi) is 2.98. The first kappa shape index (κ1) is 8.14. The van der Waals surface area contributed by atoms with Gasteiger partial charge in [-0.05, 0) is 31.3 Å². The lowest BCUT2D eigenvalue weighted by molar-refractivity contribution is 0.337. The van der Waals surface area contributed by atoms with E-state index in [1.54, 1.807) is 12.4 Å². The van der Waals surface area contributed by atoms with E-state index in [9.17, 15) is 0 Å². The van der Waals surface area contributed by atoms with Crippen LogP contribution < -0.4 is 0 Å². The van der Waals surface area contributed by atoms with Gasteiger partial charge in [-0.25, -0.2) is 0 Å². The number of aromatic nitrogens is 1. The molecule has 0 radical (unpaired) electrons. The van der Waals surface area contributed by atoms with Crippen molar-refractivity contribution < 1.29 is 4.74 Å². The second kappa shape index (κ2) is 4.03. The molecule has 58 valence electrons. The van der Waals surface area contributed by atoms with E-state index in [0.29, 0.717) is 11.7 Å². The van der Waals surface area contributed by atoms with Crippen molar-refractivity contribution in [2.45, 2.75) is 6.92 Å². The lowest BCUT2D eigenvalue weighted by Gasteiger charge is -2.02. The number of thiocarbonyl (C=S) groups is 1. The molecule has 0 N–H and O–H groups in total. The summed E-state index contributed by atoms with van der Waals surface area (Å²) in [5, 5.41) is 0.514. The molecule has 0 saturated carbocycles. The highest BCUT2D eigenvalue weighted by molar-refractivity contribution is 7.80. The third-order valence-electron chi connectivity index (χ3n) is 1.17. The number of rotatable bonds is 2. The van der Waals surface area contributed by atoms with Crippen LogP contribution in [0.25, 0.3) is 0 Å². The Bertz CT molecular complexity index is 235. The molecule has 0 bridgehead atoms. The summed E-state index contributed by atoms with van der Waals surface area (Å²) >= 11 is 4.96. The van der Waals surface area contributed by atoms with Crippen molar-refractivity contribution in [3.8, 4) is 0 Å². The van der Waals surface area contributed by atoms with Gasteiger partial charge in [0.2, 0.25) is 0 Å². The molecule has 0 amide bonds. The van der Waals surface area contributed by atoms with Gasteiger partial charge < -0.3 is 4.74 Å². The van der Waals surface area contributed by atoms with Gasteiger partial charge in [0.25, 0.3) is 0 Å². The van der Waals surface area contributed by atoms with Crippen LogP contribution >= 0.6 is 12.2 Å². The van der Waals surface area contributed by atoms with Crippen LogP contribution in [0.15, 0.2) is 24.5 Å². The van der Waals surface area contributed by atoms with Gasteiger partial charge in [0, 0.05) is 18.0 Å². The normalized spacial score (nSPS) is 9.18. The standard InChI is InChI=1S/C8H9NOS/c1-2-10-8(11)7-4-3-5-9-6-7/h3-6H,2H2,1H3. The van der Waals surface area contributed by atoms with Gasteiger partial charge in [0.1, 0.15) is 0 Å². The maximum absolute atomic E-state index is 5.12. The first-order valence-electron chi connectivity index (χ1n) is 3.41. The third kappa shape index (κ3) is 2.27. The molecule has 11 heavy (non-hydrogen) atoms. The molecule has 0 spiro atoms. The van der Waals surface area contributed by atoms with Gasteiger partial charge in [-0.1, -0.05) is 0 Å². The molecular weight excluding hydrogens is 158 g/mol. The average molecular weight is 167 g/mol. The van der Waals surface area contributed by atoms with E-state index in [4.69, 9.17) is 17.0 Å². The SMILES string of the molecule is CCOC(=S)c1cccnc1. The van der Waals surface area contributed by atoms with Crippen LogP contribution in [0.5, 0.6) is 0 Å². The van der Waals surface area contributed by atoms with Crippen molar-refractivity contribution in [3.05, 3.63) is 30.1 Å². The molecule has 0 aliphatic carbocycles. The summed E-state index contributed by atoms with van der Waals surface area (Å²) in [6.07, 6.45) is 3.40. The fourth-order valence-corrected chi connectivity index (χ4v) is 0.937. The summed E-state index contributed by atoms with van der Waals surface area (Å²) in [4.78, 5) is 3.92. The van der Waals surface area contributed by atoms with Crippen LogP contribution in [0, 0.1) is 0 Å². The molecule has 0 aliphatic rings. The molecule has 0 saturated heterocycles. The Labute approximate surface area is 71.2 Å². The van der Waals surface area contributed by atoms with Crippen molar-refractivity contribution in [2.24, 2.45) is 0 Å². The highest BCUT2D eigenvalue weighted by Crippen LogP contribution is 1.99. The maximum Gasteiger partial charge on any atom is 0.192 e. The lowest BCUT2D eigenvalue weighted by Crippen LogP contribution is -2.02. The number of hydrogen-bond acceptors (Lipinski definition) is 3. The van der Waals surface area contributed by atoms with E-state index in [1.165, 1.54) is 0 Å². The fraction of sp³-hybridized carbons (Fsp3) is 0.250. The molecule has 1 aromatic rings. The summed E-state index contributed by atoms with van der Waals surface area (Å²) in [5.41, 5.74) is 0.865. The monoisotopic (exact) mass is 167 g/mol. The molecule has 0 fully saturated rings. The van der Waals surface area contributed by atoms with E-state index >= 15 is 0 Å². The zero-order valence-corrected chi connectivity index (χ0v) is 7.10. The number of nitrogens with zero attached hydrogens (tertiary/aromatic N) is 1. The Balaban J connectivity index is 2.69. The van der Waals surface area contributed by atoms with Gasteiger partial charge in [0.15, 0.2) is 5.05 Å². The minimum atomic E-state index is 0.514. The maximum atomic E-state index is 5.12. The van der Waals surface area contributed by atoms with E-state index in [0.717, 1.165) is 5.56 Å². The van der Waals surface area contributed by atoms with Crippen molar-refractivity contribution in [1.29, 1.82) is 0 Å². The van der Waals surface area contributed by atoms with Crippen LogP contribution in [0.1, 0.15) is 12.5 Å². The Morgan fingerprint density at radius 3 is 3.09 bits per heavy atom. The Morgan fingerprint density at radius 2 is 2.55 bits per heavy atom. The summed E-state index contributed by atoms with van der Waals surface area (Å²) in [6.45, 7) is 2.51. The van der Waals surface area contributed by atoms with Crippen molar-refractivity contribution in [3.63, 3.8) is 0 Å². The molecular formula is C8H9NOS. The van der Waals surface area contributed by atoms with Gasteiger partial charge in [-0.15, -0.1) is 0 Å². The first-order valence-corrected chi connectivity index (χ1v) is 3.82. The summed E-state index contributed by atoms with van der Waals surface area (Å²) in [7, 11) is 0. The predicted octanol–water partition coefficient (Wildman–Crippen LogP) is 1.79. The van der Waals surface area contributed by atoms with Gasteiger partial charge >= 0.3 is 0 Å². The van der Waals surface area contributed by atoms with Gasteiger partial charge in [-0.3, -0.25) is 4.98 Å². The average Bonchev–Trinajstić information content (AvgIpc) is 2.07. The van der Waals surface area contributed by atoms with E-state index in [-0.39, 0.29) is 0 Å². The molecule has 0 atom stereocenters. The zero-order valence-electron chi connectivity index (χ0n) is 6.28. The number of hydrogen-bond donors (Lipinski definition) is 0. The van der Waals surface area contributed by atoms with E-state index in [2.05, 4.69) is 4.98 Å². The largest absolute Gasteiger partial charge is 0.483 e. The van der Waals surface area contributed by atoms with E-state index < -0.39 is 0 Å². The number of ether oxygens (including phenoxy) is 1. The summed E-state index contributed by atoms with van der Waals surface area (Å²) < 4.78 is 5.12. The van der Waals surface area contributed by atoms with Crippen molar-refractivity contribution >= 4 is 17.3 Å². The van der Waals surface area contributed by atoms with E-state index in [1.807, 2.05) is 19.1 Å². The van der Waals surface area contributed by atoms with Gasteiger partial charge in [-0.2, -0.15) is 0 Å². The van der Waals surface area contributed by atoms with Crippen LogP contribution in [0.4, 0.5) is 0 Å². The topological polar surface area (TPSA) is 22.1 Å². The molecule has 3 heteroatoms. The van der Waals surface area contributed by atoms with Crippen LogP contribution in [-0.4, -0.2) is 16.6 Å². The Morgan fingerprint density at radius 1 is 1.73 bits per heavy atom. The Hall–Kier alpha value is -0.960. The molecule has 1 heterocycles. The highest BCUT2D eigenvalue weighted by Gasteiger charge is 1.98. The van der Waals surface area contributed by atoms with Crippen LogP contribution in [0.2, 0.25) is 0 Å². The minimum Gasteiger partial charge on any atom is -0.483 e. The summed E-state index contributed by atoms with van der Waals surface area (Å²) in [5.74, 6) is 0. The predicted molar refractivity (Wildman–Crippen MR) is 47.6 cm³/mol. The number of pyridine rings is 1. The molecule has 0 unspecified atom stereocenters. The smallest absolute Gasteiger partial charge is 0.192 e. The van der Waals surface area contributed by atoms with Gasteiger partial charge in [0.05, 0.1) is 6.61 Å². The molecule has 1 aromatic heterocycles.